The smallest absolute Gasteiger partial charge is 0.312 e. The molecular weight excluding hydrogens is 522 g/mol. The van der Waals surface area contributed by atoms with Crippen LogP contribution in [0.2, 0.25) is 5.02 Å². The second-order valence-electron chi connectivity index (χ2n) is 8.44. The average Bonchev–Trinajstić information content (AvgIpc) is 3.14. The second-order valence-corrected chi connectivity index (χ2v) is 11.9. The van der Waals surface area contributed by atoms with Crippen LogP contribution in [0.15, 0.2) is 62.3 Å². The highest BCUT2D eigenvalue weighted by Crippen LogP contribution is 2.37. The molecule has 0 fully saturated rings. The molecule has 188 valence electrons. The van der Waals surface area contributed by atoms with E-state index in [2.05, 4.69) is 5.10 Å². The van der Waals surface area contributed by atoms with Crippen molar-refractivity contribution in [2.24, 2.45) is 0 Å². The Labute approximate surface area is 217 Å². The Balaban J connectivity index is 1.78. The van der Waals surface area contributed by atoms with E-state index >= 15 is 0 Å². The number of carbonyl (C=O) groups is 2. The molecular formula is C25H24ClN3O5S2. The van der Waals surface area contributed by atoms with Gasteiger partial charge in [-0.2, -0.15) is 0 Å². The Morgan fingerprint density at radius 3 is 2.56 bits per heavy atom. The minimum atomic E-state index is -3.72. The van der Waals surface area contributed by atoms with E-state index in [1.165, 1.54) is 23.9 Å². The number of aromatic nitrogens is 2. The molecule has 0 saturated heterocycles. The summed E-state index contributed by atoms with van der Waals surface area (Å²) in [5, 5.41) is 11.9. The van der Waals surface area contributed by atoms with Crippen LogP contribution in [0.4, 0.5) is 0 Å². The van der Waals surface area contributed by atoms with Crippen LogP contribution in [0.3, 0.4) is 0 Å². The Morgan fingerprint density at radius 1 is 1.19 bits per heavy atom. The number of nitrogens with zero attached hydrogens (tertiary/aromatic N) is 2. The van der Waals surface area contributed by atoms with E-state index in [9.17, 15) is 18.0 Å². The number of hydrogen-bond acceptors (Lipinski definition) is 8. The molecule has 0 radical (unpaired) electrons. The third kappa shape index (κ3) is 5.55. The standard InChI is InChI=1S/C25H24ClN3O5S2/c1-15-28-29(25(27)34-15)13-18-21(36(2,32)33)12-11-17(23(18)26)24(31)22-19(30)9-6-10-20(22)35-14-16-7-4-3-5-8-16/h3-5,7-8,11-12,27H,6,9-10,13-14H2,1-2H3. The lowest BCUT2D eigenvalue weighted by Gasteiger charge is -2.20. The van der Waals surface area contributed by atoms with Gasteiger partial charge in [-0.1, -0.05) is 41.9 Å². The summed E-state index contributed by atoms with van der Waals surface area (Å²) in [4.78, 5) is 27.2. The Morgan fingerprint density at radius 2 is 1.92 bits per heavy atom. The van der Waals surface area contributed by atoms with Crippen LogP contribution >= 0.6 is 23.4 Å². The van der Waals surface area contributed by atoms with Crippen LogP contribution in [0.5, 0.6) is 0 Å². The predicted molar refractivity (Wildman–Crippen MR) is 137 cm³/mol. The SMILES string of the molecule is Cc1nn(Cc2c(S(C)(=O)=O)ccc(C(=O)C3=C(SCc4ccccc4)CCCC3=O)c2Cl)c(=N)o1. The third-order valence-electron chi connectivity index (χ3n) is 5.74. The number of hydrogen-bond donors (Lipinski definition) is 1. The number of rotatable bonds is 8. The quantitative estimate of drug-likeness (QED) is 0.326. The highest BCUT2D eigenvalue weighted by atomic mass is 35.5. The fourth-order valence-electron chi connectivity index (χ4n) is 4.05. The van der Waals surface area contributed by atoms with Gasteiger partial charge < -0.3 is 4.42 Å². The topological polar surface area (TPSA) is 123 Å². The van der Waals surface area contributed by atoms with Gasteiger partial charge in [-0.05, 0) is 35.4 Å². The van der Waals surface area contributed by atoms with Gasteiger partial charge in [0.25, 0.3) is 0 Å². The van der Waals surface area contributed by atoms with E-state index in [0.717, 1.165) is 16.5 Å². The largest absolute Gasteiger partial charge is 0.409 e. The van der Waals surface area contributed by atoms with Gasteiger partial charge in [0, 0.05) is 36.5 Å². The molecule has 0 aliphatic heterocycles. The highest BCUT2D eigenvalue weighted by molar-refractivity contribution is 8.02. The maximum Gasteiger partial charge on any atom is 0.312 e. The van der Waals surface area contributed by atoms with Crippen LogP contribution in [0.1, 0.15) is 46.6 Å². The molecule has 1 aliphatic rings. The lowest BCUT2D eigenvalue weighted by molar-refractivity contribution is -0.115. The molecule has 8 nitrogen and oxygen atoms in total. The number of sulfone groups is 1. The molecule has 4 rings (SSSR count). The van der Waals surface area contributed by atoms with Crippen molar-refractivity contribution in [1.82, 2.24) is 9.78 Å². The van der Waals surface area contributed by atoms with E-state index in [1.54, 1.807) is 6.92 Å². The zero-order chi connectivity index (χ0) is 26.0. The maximum atomic E-state index is 13.7. The van der Waals surface area contributed by atoms with Crippen molar-refractivity contribution in [3.8, 4) is 0 Å². The van der Waals surface area contributed by atoms with E-state index in [-0.39, 0.29) is 56.9 Å². The normalized spacial score (nSPS) is 14.4. The van der Waals surface area contributed by atoms with Crippen LogP contribution in [0.25, 0.3) is 0 Å². The molecule has 36 heavy (non-hydrogen) atoms. The van der Waals surface area contributed by atoms with Gasteiger partial charge in [0.1, 0.15) is 0 Å². The molecule has 1 N–H and O–H groups in total. The molecule has 0 atom stereocenters. The number of nitrogens with one attached hydrogen (secondary N) is 1. The minimum Gasteiger partial charge on any atom is -0.409 e. The molecule has 2 aromatic carbocycles. The summed E-state index contributed by atoms with van der Waals surface area (Å²) in [5.41, 5.74) is 1.04. The lowest BCUT2D eigenvalue weighted by atomic mass is 9.91. The fraction of sp³-hybridized carbons (Fsp3) is 0.280. The van der Waals surface area contributed by atoms with Crippen molar-refractivity contribution in [3.63, 3.8) is 0 Å². The van der Waals surface area contributed by atoms with Gasteiger partial charge in [-0.3, -0.25) is 9.59 Å². The highest BCUT2D eigenvalue weighted by Gasteiger charge is 2.31. The van der Waals surface area contributed by atoms with Crippen LogP contribution in [0, 0.1) is 12.3 Å². The van der Waals surface area contributed by atoms with Crippen molar-refractivity contribution in [2.75, 3.05) is 6.26 Å². The van der Waals surface area contributed by atoms with E-state index in [4.69, 9.17) is 21.4 Å². The molecule has 1 heterocycles. The number of carbonyl (C=O) groups excluding carboxylic acids is 2. The van der Waals surface area contributed by atoms with Crippen molar-refractivity contribution >= 4 is 44.8 Å². The molecule has 1 aliphatic carbocycles. The first-order chi connectivity index (χ1) is 17.1. The molecule has 0 amide bonds. The molecule has 3 aromatic rings. The Hall–Kier alpha value is -2.95. The van der Waals surface area contributed by atoms with Crippen molar-refractivity contribution in [2.45, 2.75) is 43.4 Å². The monoisotopic (exact) mass is 545 g/mol. The number of allylic oxidation sites excluding steroid dienone is 2. The van der Waals surface area contributed by atoms with E-state index in [1.807, 2.05) is 30.3 Å². The van der Waals surface area contributed by atoms with Crippen LogP contribution < -0.4 is 5.68 Å². The van der Waals surface area contributed by atoms with Gasteiger partial charge in [0.15, 0.2) is 21.4 Å². The molecule has 0 saturated carbocycles. The van der Waals surface area contributed by atoms with Gasteiger partial charge >= 0.3 is 5.68 Å². The fourth-order valence-corrected chi connectivity index (χ4v) is 6.52. The third-order valence-corrected chi connectivity index (χ3v) is 8.59. The van der Waals surface area contributed by atoms with E-state index < -0.39 is 15.6 Å². The zero-order valence-electron chi connectivity index (χ0n) is 19.7. The van der Waals surface area contributed by atoms with E-state index in [0.29, 0.717) is 23.5 Å². The summed E-state index contributed by atoms with van der Waals surface area (Å²) in [5.74, 6) is 0.0542. The van der Waals surface area contributed by atoms with Crippen molar-refractivity contribution in [1.29, 1.82) is 5.41 Å². The first-order valence-corrected chi connectivity index (χ1v) is 14.4. The number of Topliss-reactive ketones (excluding diaryl/α,β-unsaturated/α-hetero) is 2. The maximum absolute atomic E-state index is 13.7. The molecule has 0 unspecified atom stereocenters. The summed E-state index contributed by atoms with van der Waals surface area (Å²) in [6.45, 7) is 1.37. The second kappa shape index (κ2) is 10.6. The zero-order valence-corrected chi connectivity index (χ0v) is 22.1. The minimum absolute atomic E-state index is 0.0366. The van der Waals surface area contributed by atoms with Crippen LogP contribution in [-0.2, 0) is 26.9 Å². The summed E-state index contributed by atoms with van der Waals surface area (Å²) in [6, 6.07) is 12.4. The van der Waals surface area contributed by atoms with Gasteiger partial charge in [0.2, 0.25) is 5.89 Å². The van der Waals surface area contributed by atoms with Gasteiger partial charge in [-0.25, -0.2) is 18.5 Å². The summed E-state index contributed by atoms with van der Waals surface area (Å²) < 4.78 is 31.2. The number of ketones is 2. The molecule has 0 bridgehead atoms. The molecule has 0 spiro atoms. The summed E-state index contributed by atoms with van der Waals surface area (Å²) in [7, 11) is -3.72. The molecule has 1 aromatic heterocycles. The molecule has 11 heteroatoms. The summed E-state index contributed by atoms with van der Waals surface area (Å²) >= 11 is 8.11. The predicted octanol–water partition coefficient (Wildman–Crippen LogP) is 4.49. The lowest BCUT2D eigenvalue weighted by Crippen LogP contribution is -2.22. The van der Waals surface area contributed by atoms with Crippen molar-refractivity contribution in [3.05, 3.63) is 86.2 Å². The first-order valence-electron chi connectivity index (χ1n) is 11.1. The summed E-state index contributed by atoms with van der Waals surface area (Å²) in [6.07, 6.45) is 2.56. The Bertz CT molecular complexity index is 1540. The number of thioether (sulfide) groups is 1. The average molecular weight is 546 g/mol. The van der Waals surface area contributed by atoms with Crippen molar-refractivity contribution < 1.29 is 22.4 Å². The van der Waals surface area contributed by atoms with Gasteiger partial charge in [-0.15, -0.1) is 16.9 Å². The van der Waals surface area contributed by atoms with Gasteiger partial charge in [0.05, 0.1) is 22.0 Å². The van der Waals surface area contributed by atoms with Crippen LogP contribution in [-0.4, -0.2) is 36.0 Å². The Kier molecular flexibility index (Phi) is 7.67. The first kappa shape index (κ1) is 26.1. The number of benzene rings is 2. The number of halogens is 1. The number of aryl methyl sites for hydroxylation is 1.